The summed E-state index contributed by atoms with van der Waals surface area (Å²) >= 11 is 0. The van der Waals surface area contributed by atoms with E-state index in [0.717, 1.165) is 18.9 Å². The molecule has 3 nitrogen and oxygen atoms in total. The molecule has 6 heteroatoms. The highest BCUT2D eigenvalue weighted by Crippen LogP contribution is 2.35. The summed E-state index contributed by atoms with van der Waals surface area (Å²) in [5.41, 5.74) is 4.67. The summed E-state index contributed by atoms with van der Waals surface area (Å²) in [4.78, 5) is 0. The van der Waals surface area contributed by atoms with Gasteiger partial charge in [0.2, 0.25) is 0 Å². The second-order valence-corrected chi connectivity index (χ2v) is 4.19. The Morgan fingerprint density at radius 3 is 2.63 bits per heavy atom. The lowest BCUT2D eigenvalue weighted by Crippen LogP contribution is -2.11. The Balaban J connectivity index is 2.47. The fraction of sp³-hybridized carbons (Fsp3) is 0.538. The van der Waals surface area contributed by atoms with Crippen molar-refractivity contribution in [1.82, 2.24) is 0 Å². The zero-order valence-corrected chi connectivity index (χ0v) is 10.9. The molecule has 0 aliphatic heterocycles. The monoisotopic (exact) mass is 276 g/mol. The number of alkyl halides is 3. The van der Waals surface area contributed by atoms with Crippen LogP contribution in [0.2, 0.25) is 0 Å². The smallest absolute Gasteiger partial charge is 0.398 e. The Labute approximate surface area is 110 Å². The maximum Gasteiger partial charge on any atom is 0.418 e. The average molecular weight is 276 g/mol. The number of hydrogen-bond donors (Lipinski definition) is 2. The molecule has 0 bridgehead atoms. The van der Waals surface area contributed by atoms with Gasteiger partial charge >= 0.3 is 6.18 Å². The van der Waals surface area contributed by atoms with Crippen molar-refractivity contribution < 1.29 is 17.9 Å². The summed E-state index contributed by atoms with van der Waals surface area (Å²) in [6.07, 6.45) is -2.72. The van der Waals surface area contributed by atoms with E-state index in [0.29, 0.717) is 25.4 Å². The zero-order valence-electron chi connectivity index (χ0n) is 10.9. The normalized spacial score (nSPS) is 11.6. The van der Waals surface area contributed by atoms with Crippen LogP contribution in [0.3, 0.4) is 0 Å². The van der Waals surface area contributed by atoms with Crippen molar-refractivity contribution in [3.63, 3.8) is 0 Å². The molecule has 1 aromatic carbocycles. The van der Waals surface area contributed by atoms with E-state index in [1.54, 1.807) is 0 Å². The van der Waals surface area contributed by atoms with Crippen LogP contribution in [-0.4, -0.2) is 19.8 Å². The van der Waals surface area contributed by atoms with Crippen LogP contribution in [0.15, 0.2) is 18.2 Å². The van der Waals surface area contributed by atoms with Crippen LogP contribution >= 0.6 is 0 Å². The van der Waals surface area contributed by atoms with Gasteiger partial charge in [-0.15, -0.1) is 0 Å². The molecule has 0 saturated carbocycles. The maximum atomic E-state index is 12.6. The lowest BCUT2D eigenvalue weighted by molar-refractivity contribution is -0.136. The largest absolute Gasteiger partial charge is 0.418 e. The highest BCUT2D eigenvalue weighted by Gasteiger charge is 2.33. The Morgan fingerprint density at radius 2 is 2.00 bits per heavy atom. The van der Waals surface area contributed by atoms with Crippen molar-refractivity contribution in [2.45, 2.75) is 25.9 Å². The van der Waals surface area contributed by atoms with Crippen LogP contribution in [0.5, 0.6) is 0 Å². The summed E-state index contributed by atoms with van der Waals surface area (Å²) in [5.74, 6) is 0. The topological polar surface area (TPSA) is 47.3 Å². The fourth-order valence-corrected chi connectivity index (χ4v) is 1.57. The molecule has 0 heterocycles. The SMILES string of the molecule is CCCOCCCNc1ccc(N)c(C(F)(F)F)c1. The molecular formula is C13H19F3N2O. The molecule has 0 saturated heterocycles. The molecule has 0 fully saturated rings. The van der Waals surface area contributed by atoms with Crippen LogP contribution in [0, 0.1) is 0 Å². The number of nitrogens with two attached hydrogens (primary N) is 1. The van der Waals surface area contributed by atoms with Gasteiger partial charge in [0.15, 0.2) is 0 Å². The quantitative estimate of drug-likeness (QED) is 0.591. The third-order valence-corrected chi connectivity index (χ3v) is 2.50. The molecule has 19 heavy (non-hydrogen) atoms. The van der Waals surface area contributed by atoms with E-state index in [4.69, 9.17) is 10.5 Å². The van der Waals surface area contributed by atoms with E-state index in [2.05, 4.69) is 5.32 Å². The molecule has 1 rings (SSSR count). The van der Waals surface area contributed by atoms with Crippen molar-refractivity contribution in [2.75, 3.05) is 30.8 Å². The number of ether oxygens (including phenoxy) is 1. The second-order valence-electron chi connectivity index (χ2n) is 4.19. The highest BCUT2D eigenvalue weighted by molar-refractivity contribution is 5.58. The van der Waals surface area contributed by atoms with Crippen molar-refractivity contribution in [3.8, 4) is 0 Å². The number of nitrogens with one attached hydrogen (secondary N) is 1. The number of anilines is 2. The van der Waals surface area contributed by atoms with Gasteiger partial charge in [-0.05, 0) is 31.0 Å². The number of rotatable bonds is 7. The van der Waals surface area contributed by atoms with Gasteiger partial charge in [0.25, 0.3) is 0 Å². The Morgan fingerprint density at radius 1 is 1.26 bits per heavy atom. The van der Waals surface area contributed by atoms with Crippen molar-refractivity contribution >= 4 is 11.4 Å². The van der Waals surface area contributed by atoms with Gasteiger partial charge in [-0.25, -0.2) is 0 Å². The molecule has 0 amide bonds. The first kappa shape index (κ1) is 15.6. The highest BCUT2D eigenvalue weighted by atomic mass is 19.4. The summed E-state index contributed by atoms with van der Waals surface area (Å²) in [6.45, 7) is 3.89. The first-order chi connectivity index (χ1) is 8.95. The van der Waals surface area contributed by atoms with E-state index < -0.39 is 11.7 Å². The van der Waals surface area contributed by atoms with Crippen LogP contribution in [0.4, 0.5) is 24.5 Å². The van der Waals surface area contributed by atoms with Crippen LogP contribution in [0.25, 0.3) is 0 Å². The number of nitrogen functional groups attached to an aromatic ring is 1. The predicted octanol–water partition coefficient (Wildman–Crippen LogP) is 3.52. The molecule has 0 atom stereocenters. The van der Waals surface area contributed by atoms with Gasteiger partial charge in [-0.2, -0.15) is 13.2 Å². The third kappa shape index (κ3) is 5.38. The minimum absolute atomic E-state index is 0.260. The van der Waals surface area contributed by atoms with Crippen LogP contribution in [-0.2, 0) is 10.9 Å². The predicted molar refractivity (Wildman–Crippen MR) is 70.1 cm³/mol. The van der Waals surface area contributed by atoms with E-state index in [-0.39, 0.29) is 5.69 Å². The van der Waals surface area contributed by atoms with Gasteiger partial charge < -0.3 is 15.8 Å². The molecule has 3 N–H and O–H groups in total. The first-order valence-electron chi connectivity index (χ1n) is 6.23. The molecule has 0 aromatic heterocycles. The maximum absolute atomic E-state index is 12.6. The number of benzene rings is 1. The first-order valence-corrected chi connectivity index (χ1v) is 6.23. The van der Waals surface area contributed by atoms with Crippen molar-refractivity contribution in [1.29, 1.82) is 0 Å². The Bertz CT molecular complexity index is 394. The zero-order chi connectivity index (χ0) is 14.3. The summed E-state index contributed by atoms with van der Waals surface area (Å²) in [6, 6.07) is 3.83. The summed E-state index contributed by atoms with van der Waals surface area (Å²) in [7, 11) is 0. The van der Waals surface area contributed by atoms with Gasteiger partial charge in [0, 0.05) is 31.1 Å². The van der Waals surface area contributed by atoms with Gasteiger partial charge in [0.05, 0.1) is 5.56 Å². The van der Waals surface area contributed by atoms with E-state index in [1.807, 2.05) is 6.92 Å². The van der Waals surface area contributed by atoms with E-state index in [9.17, 15) is 13.2 Å². The summed E-state index contributed by atoms with van der Waals surface area (Å²) < 4.78 is 43.2. The molecular weight excluding hydrogens is 257 g/mol. The minimum Gasteiger partial charge on any atom is -0.398 e. The molecule has 0 radical (unpaired) electrons. The molecule has 108 valence electrons. The average Bonchev–Trinajstić information content (AvgIpc) is 2.34. The fourth-order valence-electron chi connectivity index (χ4n) is 1.57. The van der Waals surface area contributed by atoms with Crippen molar-refractivity contribution in [2.24, 2.45) is 0 Å². The second kappa shape index (κ2) is 7.23. The van der Waals surface area contributed by atoms with Gasteiger partial charge in [-0.1, -0.05) is 6.92 Å². The van der Waals surface area contributed by atoms with E-state index >= 15 is 0 Å². The molecule has 1 aromatic rings. The Hall–Kier alpha value is -1.43. The summed E-state index contributed by atoms with van der Waals surface area (Å²) in [5, 5.41) is 2.93. The Kier molecular flexibility index (Phi) is 5.95. The van der Waals surface area contributed by atoms with Crippen LogP contribution in [0.1, 0.15) is 25.3 Å². The van der Waals surface area contributed by atoms with Crippen molar-refractivity contribution in [3.05, 3.63) is 23.8 Å². The lowest BCUT2D eigenvalue weighted by Gasteiger charge is -2.13. The third-order valence-electron chi connectivity index (χ3n) is 2.50. The number of halogens is 3. The van der Waals surface area contributed by atoms with E-state index in [1.165, 1.54) is 12.1 Å². The lowest BCUT2D eigenvalue weighted by atomic mass is 10.1. The number of hydrogen-bond acceptors (Lipinski definition) is 3. The molecule has 0 aliphatic rings. The minimum atomic E-state index is -4.42. The van der Waals surface area contributed by atoms with Gasteiger partial charge in [0.1, 0.15) is 0 Å². The molecule has 0 spiro atoms. The molecule has 0 aliphatic carbocycles. The van der Waals surface area contributed by atoms with Gasteiger partial charge in [-0.3, -0.25) is 0 Å². The molecule has 0 unspecified atom stereocenters. The van der Waals surface area contributed by atoms with Crippen LogP contribution < -0.4 is 11.1 Å². The standard InChI is InChI=1S/C13H19F3N2O/c1-2-7-19-8-3-6-18-10-4-5-12(17)11(9-10)13(14,15)16/h4-5,9,18H,2-3,6-8,17H2,1H3.